The number of halogens is 1. The standard InChI is InChI=1S/C6H4ClN/c1-2-5-3-8-4-6(5)7/h1,3-4,8H. The van der Waals surface area contributed by atoms with Gasteiger partial charge in [-0.3, -0.25) is 0 Å². The van der Waals surface area contributed by atoms with Gasteiger partial charge in [0.05, 0.1) is 10.6 Å². The largest absolute Gasteiger partial charge is 0.365 e. The van der Waals surface area contributed by atoms with Gasteiger partial charge < -0.3 is 4.98 Å². The van der Waals surface area contributed by atoms with Gasteiger partial charge in [-0.25, -0.2) is 0 Å². The first-order chi connectivity index (χ1) is 3.84. The van der Waals surface area contributed by atoms with Crippen LogP contribution >= 0.6 is 11.6 Å². The van der Waals surface area contributed by atoms with Gasteiger partial charge in [0, 0.05) is 12.4 Å². The molecular weight excluding hydrogens is 122 g/mol. The smallest absolute Gasteiger partial charge is 0.0736 e. The van der Waals surface area contributed by atoms with E-state index in [1.807, 2.05) is 0 Å². The summed E-state index contributed by atoms with van der Waals surface area (Å²) in [4.78, 5) is 2.77. The third-order valence-electron chi connectivity index (χ3n) is 0.851. The monoisotopic (exact) mass is 125 g/mol. The SMILES string of the molecule is C#Cc1c[nH]cc1Cl. The average Bonchev–Trinajstić information content (AvgIpc) is 2.14. The van der Waals surface area contributed by atoms with E-state index in [2.05, 4.69) is 10.9 Å². The zero-order chi connectivity index (χ0) is 5.98. The molecule has 1 aromatic rings. The van der Waals surface area contributed by atoms with E-state index in [4.69, 9.17) is 18.0 Å². The van der Waals surface area contributed by atoms with Crippen LogP contribution < -0.4 is 0 Å². The number of hydrogen-bond acceptors (Lipinski definition) is 0. The molecule has 0 saturated carbocycles. The fourth-order valence-corrected chi connectivity index (χ4v) is 0.628. The number of aromatic amines is 1. The maximum Gasteiger partial charge on any atom is 0.0736 e. The third kappa shape index (κ3) is 0.706. The predicted molar refractivity (Wildman–Crippen MR) is 33.7 cm³/mol. The number of nitrogens with one attached hydrogen (secondary N) is 1. The molecule has 0 unspecified atom stereocenters. The molecule has 1 nitrogen and oxygen atoms in total. The summed E-state index contributed by atoms with van der Waals surface area (Å²) in [5, 5.41) is 0.604. The van der Waals surface area contributed by atoms with E-state index in [-0.39, 0.29) is 0 Å². The normalized spacial score (nSPS) is 8.50. The summed E-state index contributed by atoms with van der Waals surface area (Å²) in [5.41, 5.74) is 0.715. The van der Waals surface area contributed by atoms with E-state index in [0.29, 0.717) is 10.6 Å². The van der Waals surface area contributed by atoms with Crippen molar-refractivity contribution in [2.45, 2.75) is 0 Å². The lowest BCUT2D eigenvalue weighted by Crippen LogP contribution is -1.61. The molecule has 0 aromatic carbocycles. The molecule has 0 amide bonds. The molecule has 0 aliphatic carbocycles. The van der Waals surface area contributed by atoms with Crippen molar-refractivity contribution in [2.24, 2.45) is 0 Å². The molecule has 40 valence electrons. The lowest BCUT2D eigenvalue weighted by molar-refractivity contribution is 1.41. The van der Waals surface area contributed by atoms with Gasteiger partial charge in [0.2, 0.25) is 0 Å². The van der Waals surface area contributed by atoms with Crippen LogP contribution in [0.2, 0.25) is 5.02 Å². The maximum absolute atomic E-state index is 5.57. The quantitative estimate of drug-likeness (QED) is 0.508. The van der Waals surface area contributed by atoms with Crippen LogP contribution in [-0.2, 0) is 0 Å². The highest BCUT2D eigenvalue weighted by molar-refractivity contribution is 6.31. The minimum atomic E-state index is 0.604. The summed E-state index contributed by atoms with van der Waals surface area (Å²) < 4.78 is 0. The van der Waals surface area contributed by atoms with Crippen LogP contribution in [0, 0.1) is 12.3 Å². The molecule has 1 heterocycles. The summed E-state index contributed by atoms with van der Waals surface area (Å²) in [6.07, 6.45) is 8.37. The molecule has 0 atom stereocenters. The number of aromatic nitrogens is 1. The first-order valence-electron chi connectivity index (χ1n) is 2.13. The molecule has 0 aliphatic heterocycles. The average molecular weight is 126 g/mol. The topological polar surface area (TPSA) is 15.8 Å². The van der Waals surface area contributed by atoms with Crippen LogP contribution in [0.3, 0.4) is 0 Å². The summed E-state index contributed by atoms with van der Waals surface area (Å²) in [6.45, 7) is 0. The highest BCUT2D eigenvalue weighted by Crippen LogP contribution is 2.11. The van der Waals surface area contributed by atoms with Gasteiger partial charge in [-0.15, -0.1) is 6.42 Å². The molecule has 1 rings (SSSR count). The van der Waals surface area contributed by atoms with Gasteiger partial charge in [0.1, 0.15) is 0 Å². The van der Waals surface area contributed by atoms with Crippen molar-refractivity contribution >= 4 is 11.6 Å². The highest BCUT2D eigenvalue weighted by Gasteiger charge is 1.92. The van der Waals surface area contributed by atoms with E-state index in [9.17, 15) is 0 Å². The first-order valence-corrected chi connectivity index (χ1v) is 2.51. The van der Waals surface area contributed by atoms with Gasteiger partial charge in [-0.1, -0.05) is 17.5 Å². The Morgan fingerprint density at radius 1 is 1.62 bits per heavy atom. The van der Waals surface area contributed by atoms with E-state index in [1.54, 1.807) is 12.4 Å². The van der Waals surface area contributed by atoms with Crippen LogP contribution in [0.25, 0.3) is 0 Å². The lowest BCUT2D eigenvalue weighted by atomic mass is 10.4. The van der Waals surface area contributed by atoms with E-state index in [0.717, 1.165) is 0 Å². The molecule has 0 saturated heterocycles. The van der Waals surface area contributed by atoms with Crippen LogP contribution in [0.5, 0.6) is 0 Å². The Kier molecular flexibility index (Phi) is 1.27. The molecule has 1 N–H and O–H groups in total. The summed E-state index contributed by atoms with van der Waals surface area (Å²) in [7, 11) is 0. The number of rotatable bonds is 0. The summed E-state index contributed by atoms with van der Waals surface area (Å²) in [6, 6.07) is 0. The first kappa shape index (κ1) is 5.27. The Labute approximate surface area is 52.7 Å². The Bertz CT molecular complexity index is 219. The van der Waals surface area contributed by atoms with Crippen molar-refractivity contribution in [1.29, 1.82) is 0 Å². The van der Waals surface area contributed by atoms with Gasteiger partial charge in [0.15, 0.2) is 0 Å². The second kappa shape index (κ2) is 1.94. The second-order valence-electron chi connectivity index (χ2n) is 1.36. The van der Waals surface area contributed by atoms with Crippen molar-refractivity contribution in [3.8, 4) is 12.3 Å². The molecule has 0 radical (unpaired) electrons. The van der Waals surface area contributed by atoms with E-state index < -0.39 is 0 Å². The summed E-state index contributed by atoms with van der Waals surface area (Å²) >= 11 is 5.57. The number of H-pyrrole nitrogens is 1. The molecule has 2 heteroatoms. The number of terminal acetylenes is 1. The molecular formula is C6H4ClN. The van der Waals surface area contributed by atoms with Crippen molar-refractivity contribution in [1.82, 2.24) is 4.98 Å². The zero-order valence-corrected chi connectivity index (χ0v) is 4.87. The highest BCUT2D eigenvalue weighted by atomic mass is 35.5. The van der Waals surface area contributed by atoms with Crippen molar-refractivity contribution in [2.75, 3.05) is 0 Å². The second-order valence-corrected chi connectivity index (χ2v) is 1.77. The van der Waals surface area contributed by atoms with E-state index in [1.165, 1.54) is 0 Å². The molecule has 0 fully saturated rings. The minimum Gasteiger partial charge on any atom is -0.365 e. The van der Waals surface area contributed by atoms with Crippen molar-refractivity contribution < 1.29 is 0 Å². The van der Waals surface area contributed by atoms with Crippen LogP contribution in [0.1, 0.15) is 5.56 Å². The lowest BCUT2D eigenvalue weighted by Gasteiger charge is -1.76. The maximum atomic E-state index is 5.57. The molecule has 0 aliphatic rings. The third-order valence-corrected chi connectivity index (χ3v) is 1.16. The van der Waals surface area contributed by atoms with Gasteiger partial charge in [0.25, 0.3) is 0 Å². The van der Waals surface area contributed by atoms with E-state index >= 15 is 0 Å². The fraction of sp³-hybridized carbons (Fsp3) is 0. The van der Waals surface area contributed by atoms with Gasteiger partial charge in [-0.05, 0) is 0 Å². The Morgan fingerprint density at radius 2 is 2.38 bits per heavy atom. The number of hydrogen-bond donors (Lipinski definition) is 1. The van der Waals surface area contributed by atoms with Crippen molar-refractivity contribution in [3.63, 3.8) is 0 Å². The molecule has 1 aromatic heterocycles. The molecule has 0 spiro atoms. The fourth-order valence-electron chi connectivity index (χ4n) is 0.455. The van der Waals surface area contributed by atoms with Crippen LogP contribution in [0.4, 0.5) is 0 Å². The van der Waals surface area contributed by atoms with Crippen LogP contribution in [-0.4, -0.2) is 4.98 Å². The van der Waals surface area contributed by atoms with Gasteiger partial charge >= 0.3 is 0 Å². The minimum absolute atomic E-state index is 0.604. The van der Waals surface area contributed by atoms with Gasteiger partial charge in [-0.2, -0.15) is 0 Å². The Balaban J connectivity index is 3.15. The Hall–Kier alpha value is -0.870. The Morgan fingerprint density at radius 3 is 2.62 bits per heavy atom. The van der Waals surface area contributed by atoms with Crippen LogP contribution in [0.15, 0.2) is 12.4 Å². The predicted octanol–water partition coefficient (Wildman–Crippen LogP) is 1.65. The molecule has 8 heavy (non-hydrogen) atoms. The molecule has 0 bridgehead atoms. The zero-order valence-electron chi connectivity index (χ0n) is 4.11. The summed E-state index contributed by atoms with van der Waals surface area (Å²) in [5.74, 6) is 2.41. The van der Waals surface area contributed by atoms with Crippen molar-refractivity contribution in [3.05, 3.63) is 23.0 Å².